The molecule has 0 amide bonds. The third-order valence-corrected chi connectivity index (χ3v) is 2.78. The molecule has 0 fully saturated rings. The van der Waals surface area contributed by atoms with Crippen molar-refractivity contribution in [3.8, 4) is 11.1 Å². The Balaban J connectivity index is 2.43. The highest BCUT2D eigenvalue weighted by molar-refractivity contribution is 5.76. The van der Waals surface area contributed by atoms with Crippen LogP contribution in [0.1, 0.15) is 5.69 Å². The average molecular weight is 260 g/mol. The highest BCUT2D eigenvalue weighted by Crippen LogP contribution is 2.22. The van der Waals surface area contributed by atoms with Crippen molar-refractivity contribution in [2.45, 2.75) is 0 Å². The number of rotatable bonds is 5. The molecule has 0 aliphatic rings. The molecule has 0 N–H and O–H groups in total. The second-order valence-electron chi connectivity index (χ2n) is 4.12. The van der Waals surface area contributed by atoms with Crippen molar-refractivity contribution in [1.29, 1.82) is 0 Å². The fourth-order valence-corrected chi connectivity index (χ4v) is 1.84. The predicted octanol–water partition coefficient (Wildman–Crippen LogP) is 4.46. The van der Waals surface area contributed by atoms with E-state index in [9.17, 15) is 0 Å². The van der Waals surface area contributed by atoms with Crippen LogP contribution in [-0.4, -0.2) is 9.97 Å². The van der Waals surface area contributed by atoms with Gasteiger partial charge in [0.25, 0.3) is 0 Å². The molecule has 2 aromatic rings. The number of nitrogens with zero attached hydrogens (tertiary/aromatic N) is 2. The first-order chi connectivity index (χ1) is 9.85. The van der Waals surface area contributed by atoms with Gasteiger partial charge in [-0.3, -0.25) is 9.97 Å². The van der Waals surface area contributed by atoms with Crippen LogP contribution in [0.5, 0.6) is 0 Å². The van der Waals surface area contributed by atoms with Crippen LogP contribution >= 0.6 is 0 Å². The summed E-state index contributed by atoms with van der Waals surface area (Å²) in [7, 11) is 0. The molecule has 2 aromatic heterocycles. The Morgan fingerprint density at radius 2 is 1.70 bits per heavy atom. The van der Waals surface area contributed by atoms with E-state index in [4.69, 9.17) is 0 Å². The zero-order valence-corrected chi connectivity index (χ0v) is 11.2. The molecule has 98 valence electrons. The van der Waals surface area contributed by atoms with E-state index in [1.165, 1.54) is 0 Å². The molecule has 2 nitrogen and oxygen atoms in total. The second-order valence-corrected chi connectivity index (χ2v) is 4.12. The molecule has 0 spiro atoms. The van der Waals surface area contributed by atoms with Crippen molar-refractivity contribution in [3.63, 3.8) is 0 Å². The molecule has 0 aliphatic carbocycles. The molecule has 0 aliphatic heterocycles. The highest BCUT2D eigenvalue weighted by Gasteiger charge is 2.02. The summed E-state index contributed by atoms with van der Waals surface area (Å²) in [6.07, 6.45) is 14.7. The summed E-state index contributed by atoms with van der Waals surface area (Å²) < 4.78 is 0. The number of hydrogen-bond donors (Lipinski definition) is 0. The molecule has 0 aromatic carbocycles. The lowest BCUT2D eigenvalue weighted by molar-refractivity contribution is 1.27. The Labute approximate surface area is 119 Å². The number of allylic oxidation sites excluding steroid dienone is 6. The van der Waals surface area contributed by atoms with E-state index in [-0.39, 0.29) is 0 Å². The zero-order valence-electron chi connectivity index (χ0n) is 11.2. The van der Waals surface area contributed by atoms with Gasteiger partial charge in [-0.05, 0) is 35.4 Å². The molecule has 0 radical (unpaired) electrons. The summed E-state index contributed by atoms with van der Waals surface area (Å²) in [6.45, 7) is 7.43. The van der Waals surface area contributed by atoms with Gasteiger partial charge in [0.05, 0.1) is 5.69 Å². The lowest BCUT2D eigenvalue weighted by Crippen LogP contribution is -1.88. The van der Waals surface area contributed by atoms with E-state index >= 15 is 0 Å². The minimum atomic E-state index is 0.900. The molecule has 0 saturated carbocycles. The quantitative estimate of drug-likeness (QED) is 0.742. The number of pyridine rings is 2. The maximum atomic E-state index is 4.42. The molecular weight excluding hydrogens is 244 g/mol. The van der Waals surface area contributed by atoms with Gasteiger partial charge in [-0.2, -0.15) is 0 Å². The van der Waals surface area contributed by atoms with Gasteiger partial charge < -0.3 is 0 Å². The topological polar surface area (TPSA) is 25.8 Å². The van der Waals surface area contributed by atoms with Gasteiger partial charge in [0, 0.05) is 24.2 Å². The molecule has 0 bridgehead atoms. The molecule has 20 heavy (non-hydrogen) atoms. The summed E-state index contributed by atoms with van der Waals surface area (Å²) in [5.74, 6) is 0. The Morgan fingerprint density at radius 3 is 2.40 bits per heavy atom. The van der Waals surface area contributed by atoms with Crippen LogP contribution in [-0.2, 0) is 0 Å². The number of hydrogen-bond acceptors (Lipinski definition) is 2. The maximum Gasteiger partial charge on any atom is 0.0708 e. The standard InChI is InChI=1S/C18H16N2/c1-3-5-7-16(6-4-2)18-14-17(10-13-20-18)15-8-11-19-12-9-15/h3-14H,1-2H2/b7-5-,16-6+. The average Bonchev–Trinajstić information content (AvgIpc) is 2.52. The summed E-state index contributed by atoms with van der Waals surface area (Å²) in [4.78, 5) is 8.46. The monoisotopic (exact) mass is 260 g/mol. The Kier molecular flexibility index (Phi) is 4.79. The first-order valence-electron chi connectivity index (χ1n) is 6.34. The van der Waals surface area contributed by atoms with Gasteiger partial charge in [-0.1, -0.05) is 43.5 Å². The van der Waals surface area contributed by atoms with E-state index in [1.807, 2.05) is 42.6 Å². The third kappa shape index (κ3) is 3.39. The van der Waals surface area contributed by atoms with Gasteiger partial charge in [0.1, 0.15) is 0 Å². The van der Waals surface area contributed by atoms with E-state index in [0.29, 0.717) is 0 Å². The molecule has 0 unspecified atom stereocenters. The first kappa shape index (κ1) is 13.7. The first-order valence-corrected chi connectivity index (χ1v) is 6.34. The largest absolute Gasteiger partial charge is 0.265 e. The highest BCUT2D eigenvalue weighted by atomic mass is 14.7. The van der Waals surface area contributed by atoms with Crippen molar-refractivity contribution in [2.75, 3.05) is 0 Å². The van der Waals surface area contributed by atoms with Gasteiger partial charge in [0.2, 0.25) is 0 Å². The number of aromatic nitrogens is 2. The molecule has 2 rings (SSSR count). The predicted molar refractivity (Wildman–Crippen MR) is 85.0 cm³/mol. The molecular formula is C18H16N2. The van der Waals surface area contributed by atoms with Crippen LogP contribution in [0.2, 0.25) is 0 Å². The summed E-state index contributed by atoms with van der Waals surface area (Å²) in [6, 6.07) is 8.00. The summed E-state index contributed by atoms with van der Waals surface area (Å²) in [5.41, 5.74) is 4.13. The van der Waals surface area contributed by atoms with Crippen molar-refractivity contribution in [2.24, 2.45) is 0 Å². The van der Waals surface area contributed by atoms with Crippen LogP contribution in [0.3, 0.4) is 0 Å². The summed E-state index contributed by atoms with van der Waals surface area (Å²) >= 11 is 0. The lowest BCUT2D eigenvalue weighted by atomic mass is 10.0. The molecule has 2 heteroatoms. The molecule has 2 heterocycles. The van der Waals surface area contributed by atoms with Gasteiger partial charge in [-0.25, -0.2) is 0 Å². The Bertz CT molecular complexity index is 652. The van der Waals surface area contributed by atoms with E-state index in [2.05, 4.69) is 29.2 Å². The van der Waals surface area contributed by atoms with Crippen LogP contribution in [0, 0.1) is 0 Å². The van der Waals surface area contributed by atoms with Gasteiger partial charge in [-0.15, -0.1) is 0 Å². The fourth-order valence-electron chi connectivity index (χ4n) is 1.84. The van der Waals surface area contributed by atoms with Gasteiger partial charge in [0.15, 0.2) is 0 Å². The molecule has 0 atom stereocenters. The summed E-state index contributed by atoms with van der Waals surface area (Å²) in [5, 5.41) is 0. The van der Waals surface area contributed by atoms with E-state index < -0.39 is 0 Å². The van der Waals surface area contributed by atoms with Crippen LogP contribution in [0.4, 0.5) is 0 Å². The van der Waals surface area contributed by atoms with Crippen molar-refractivity contribution in [3.05, 3.63) is 92.1 Å². The van der Waals surface area contributed by atoms with Crippen molar-refractivity contribution >= 4 is 5.57 Å². The smallest absolute Gasteiger partial charge is 0.0708 e. The van der Waals surface area contributed by atoms with E-state index in [0.717, 1.165) is 22.4 Å². The Hall–Kier alpha value is -2.74. The fraction of sp³-hybridized carbons (Fsp3) is 0. The van der Waals surface area contributed by atoms with Crippen molar-refractivity contribution < 1.29 is 0 Å². The minimum absolute atomic E-state index is 0.900. The zero-order chi connectivity index (χ0) is 14.2. The van der Waals surface area contributed by atoms with Gasteiger partial charge >= 0.3 is 0 Å². The van der Waals surface area contributed by atoms with Crippen LogP contribution in [0.15, 0.2) is 86.4 Å². The normalized spacial score (nSPS) is 11.5. The SMILES string of the molecule is C=C/C=C\C(=C/C=C)c1cc(-c2ccncc2)ccn1. The molecule has 0 saturated heterocycles. The maximum absolute atomic E-state index is 4.42. The second kappa shape index (κ2) is 7.00. The van der Waals surface area contributed by atoms with E-state index in [1.54, 1.807) is 24.5 Å². The third-order valence-electron chi connectivity index (χ3n) is 2.78. The van der Waals surface area contributed by atoms with Crippen molar-refractivity contribution in [1.82, 2.24) is 9.97 Å². The van der Waals surface area contributed by atoms with Crippen LogP contribution in [0.25, 0.3) is 16.7 Å². The minimum Gasteiger partial charge on any atom is -0.265 e. The Morgan fingerprint density at radius 1 is 0.950 bits per heavy atom. The van der Waals surface area contributed by atoms with Crippen LogP contribution < -0.4 is 0 Å². The lowest BCUT2D eigenvalue weighted by Gasteiger charge is -2.05.